The Morgan fingerprint density at radius 1 is 1.50 bits per heavy atom. The molecule has 1 unspecified atom stereocenters. The largest absolute Gasteiger partial charge is 0.389 e. The number of hydrogen-bond donors (Lipinski definition) is 2. The molecule has 1 fully saturated rings. The fourth-order valence-corrected chi connectivity index (χ4v) is 2.98. The van der Waals surface area contributed by atoms with Gasteiger partial charge in [-0.05, 0) is 38.5 Å². The van der Waals surface area contributed by atoms with Crippen molar-refractivity contribution in [3.05, 3.63) is 0 Å². The summed E-state index contributed by atoms with van der Waals surface area (Å²) < 4.78 is 0. The number of carbonyl (C=O) groups excluding carboxylic acids is 1. The Hall–Kier alpha value is -0.410. The fourth-order valence-electron chi connectivity index (χ4n) is 2.98. The maximum atomic E-state index is 10.6. The molecule has 3 N–H and O–H groups in total. The lowest BCUT2D eigenvalue weighted by Gasteiger charge is -2.48. The van der Waals surface area contributed by atoms with Crippen LogP contribution in [0.25, 0.3) is 0 Å². The third-order valence-electron chi connectivity index (χ3n) is 4.65. The van der Waals surface area contributed by atoms with Gasteiger partial charge in [-0.25, -0.2) is 0 Å². The first-order valence-electron chi connectivity index (χ1n) is 6.37. The molecule has 16 heavy (non-hydrogen) atoms. The Balaban J connectivity index is 2.75. The molecule has 0 aromatic carbocycles. The molecule has 0 aromatic rings. The van der Waals surface area contributed by atoms with Crippen LogP contribution in [0.1, 0.15) is 52.4 Å². The van der Waals surface area contributed by atoms with E-state index in [1.165, 1.54) is 6.42 Å². The van der Waals surface area contributed by atoms with Gasteiger partial charge in [-0.1, -0.05) is 13.3 Å². The Kier molecular flexibility index (Phi) is 4.51. The topological polar surface area (TPSA) is 63.3 Å². The highest BCUT2D eigenvalue weighted by molar-refractivity contribution is 5.51. The predicted octanol–water partition coefficient (Wildman–Crippen LogP) is 1.87. The number of carbonyl (C=O) groups is 1. The number of aliphatic hydroxyl groups is 1. The molecule has 3 nitrogen and oxygen atoms in total. The second kappa shape index (κ2) is 5.28. The average Bonchev–Trinajstić information content (AvgIpc) is 2.29. The van der Waals surface area contributed by atoms with E-state index in [1.54, 1.807) is 6.92 Å². The Morgan fingerprint density at radius 3 is 2.44 bits per heavy atom. The normalized spacial score (nSPS) is 34.4. The van der Waals surface area contributed by atoms with Crippen molar-refractivity contribution in [2.75, 3.05) is 6.54 Å². The fraction of sp³-hybridized carbons (Fsp3) is 0.923. The molecule has 1 aliphatic rings. The molecule has 94 valence electrons. The number of rotatable bonds is 5. The molecule has 1 atom stereocenters. The van der Waals surface area contributed by atoms with Gasteiger partial charge in [-0.15, -0.1) is 0 Å². The van der Waals surface area contributed by atoms with Crippen LogP contribution in [0, 0.1) is 11.3 Å². The molecule has 0 aromatic heterocycles. The van der Waals surface area contributed by atoms with Gasteiger partial charge in [0.15, 0.2) is 0 Å². The van der Waals surface area contributed by atoms with E-state index in [2.05, 4.69) is 6.92 Å². The summed E-state index contributed by atoms with van der Waals surface area (Å²) in [7, 11) is 0. The van der Waals surface area contributed by atoms with Gasteiger partial charge in [-0.2, -0.15) is 0 Å². The van der Waals surface area contributed by atoms with Crippen LogP contribution in [-0.4, -0.2) is 23.5 Å². The first-order chi connectivity index (χ1) is 7.51. The van der Waals surface area contributed by atoms with E-state index >= 15 is 0 Å². The number of nitrogens with two attached hydrogens (primary N) is 1. The summed E-state index contributed by atoms with van der Waals surface area (Å²) in [6, 6.07) is 0. The summed E-state index contributed by atoms with van der Waals surface area (Å²) >= 11 is 0. The van der Waals surface area contributed by atoms with Crippen molar-refractivity contribution < 1.29 is 9.90 Å². The van der Waals surface area contributed by atoms with Gasteiger partial charge in [0, 0.05) is 18.4 Å². The van der Waals surface area contributed by atoms with E-state index < -0.39 is 5.60 Å². The molecule has 0 aliphatic heterocycles. The van der Waals surface area contributed by atoms with Crippen molar-refractivity contribution in [1.29, 1.82) is 0 Å². The quantitative estimate of drug-likeness (QED) is 0.705. The van der Waals surface area contributed by atoms with Crippen LogP contribution in [0.15, 0.2) is 0 Å². The van der Waals surface area contributed by atoms with Gasteiger partial charge < -0.3 is 15.6 Å². The van der Waals surface area contributed by atoms with Crippen LogP contribution in [-0.2, 0) is 4.79 Å². The zero-order valence-electron chi connectivity index (χ0n) is 10.5. The van der Waals surface area contributed by atoms with E-state index in [-0.39, 0.29) is 11.8 Å². The zero-order chi connectivity index (χ0) is 12.2. The van der Waals surface area contributed by atoms with Crippen molar-refractivity contribution in [1.82, 2.24) is 0 Å². The summed E-state index contributed by atoms with van der Waals surface area (Å²) in [5.74, 6) is 0.770. The highest BCUT2D eigenvalue weighted by atomic mass is 16.3. The molecular weight excluding hydrogens is 202 g/mol. The third-order valence-corrected chi connectivity index (χ3v) is 4.65. The minimum Gasteiger partial charge on any atom is -0.389 e. The molecule has 3 heteroatoms. The smallest absolute Gasteiger partial charge is 0.122 e. The standard InChI is InChI=1S/C13H25NO2/c1-3-11-4-6-13(10-14,7-5-11)12(2,16)8-9-15/h9,11,16H,3-8,10,14H2,1-2H3. The SMILES string of the molecule is CCC1CCC(CN)(C(C)(O)CC=O)CC1. The van der Waals surface area contributed by atoms with Crippen molar-refractivity contribution in [2.24, 2.45) is 17.1 Å². The lowest BCUT2D eigenvalue weighted by Crippen LogP contribution is -2.52. The first kappa shape index (κ1) is 13.7. The molecule has 0 heterocycles. The van der Waals surface area contributed by atoms with E-state index in [0.29, 0.717) is 6.54 Å². The van der Waals surface area contributed by atoms with Crippen LogP contribution in [0.5, 0.6) is 0 Å². The predicted molar refractivity (Wildman–Crippen MR) is 65.0 cm³/mol. The molecule has 0 amide bonds. The van der Waals surface area contributed by atoms with Crippen LogP contribution in [0.3, 0.4) is 0 Å². The summed E-state index contributed by atoms with van der Waals surface area (Å²) in [6.07, 6.45) is 6.36. The molecule has 0 saturated heterocycles. The minimum atomic E-state index is -0.942. The van der Waals surface area contributed by atoms with Gasteiger partial charge in [0.2, 0.25) is 0 Å². The minimum absolute atomic E-state index is 0.195. The van der Waals surface area contributed by atoms with E-state index in [1.807, 2.05) is 0 Å². The van der Waals surface area contributed by atoms with Gasteiger partial charge in [0.05, 0.1) is 5.60 Å². The highest BCUT2D eigenvalue weighted by Crippen LogP contribution is 2.47. The summed E-state index contributed by atoms with van der Waals surface area (Å²) in [5.41, 5.74) is 4.67. The summed E-state index contributed by atoms with van der Waals surface area (Å²) in [6.45, 7) is 4.45. The van der Waals surface area contributed by atoms with Crippen molar-refractivity contribution in [2.45, 2.75) is 58.0 Å². The first-order valence-corrected chi connectivity index (χ1v) is 6.37. The maximum Gasteiger partial charge on any atom is 0.122 e. The molecular formula is C13H25NO2. The van der Waals surface area contributed by atoms with Crippen LogP contribution in [0.2, 0.25) is 0 Å². The Labute approximate surface area is 98.4 Å². The lowest BCUT2D eigenvalue weighted by atomic mass is 9.61. The Morgan fingerprint density at radius 2 is 2.06 bits per heavy atom. The van der Waals surface area contributed by atoms with Gasteiger partial charge in [0.25, 0.3) is 0 Å². The highest BCUT2D eigenvalue weighted by Gasteiger charge is 2.47. The average molecular weight is 227 g/mol. The number of aldehydes is 1. The Bertz CT molecular complexity index is 230. The molecule has 1 saturated carbocycles. The summed E-state index contributed by atoms with van der Waals surface area (Å²) in [4.78, 5) is 10.6. The zero-order valence-corrected chi connectivity index (χ0v) is 10.5. The molecule has 0 spiro atoms. The van der Waals surface area contributed by atoms with Crippen molar-refractivity contribution >= 4 is 6.29 Å². The van der Waals surface area contributed by atoms with Crippen LogP contribution >= 0.6 is 0 Å². The molecule has 1 rings (SSSR count). The van der Waals surface area contributed by atoms with E-state index in [9.17, 15) is 9.90 Å². The van der Waals surface area contributed by atoms with Crippen molar-refractivity contribution in [3.8, 4) is 0 Å². The van der Waals surface area contributed by atoms with E-state index in [0.717, 1.165) is 37.9 Å². The molecule has 0 bridgehead atoms. The second-order valence-electron chi connectivity index (χ2n) is 5.48. The van der Waals surface area contributed by atoms with Crippen LogP contribution in [0.4, 0.5) is 0 Å². The second-order valence-corrected chi connectivity index (χ2v) is 5.48. The third kappa shape index (κ3) is 2.46. The van der Waals surface area contributed by atoms with Gasteiger partial charge >= 0.3 is 0 Å². The maximum absolute atomic E-state index is 10.6. The van der Waals surface area contributed by atoms with Crippen molar-refractivity contribution in [3.63, 3.8) is 0 Å². The molecule has 1 aliphatic carbocycles. The summed E-state index contributed by atoms with van der Waals surface area (Å²) in [5, 5.41) is 10.4. The monoisotopic (exact) mass is 227 g/mol. The molecule has 0 radical (unpaired) electrons. The van der Waals surface area contributed by atoms with E-state index in [4.69, 9.17) is 5.73 Å². The number of hydrogen-bond acceptors (Lipinski definition) is 3. The van der Waals surface area contributed by atoms with Crippen LogP contribution < -0.4 is 5.73 Å². The lowest BCUT2D eigenvalue weighted by molar-refractivity contribution is -0.125. The van der Waals surface area contributed by atoms with Gasteiger partial charge in [0.1, 0.15) is 6.29 Å². The van der Waals surface area contributed by atoms with Gasteiger partial charge in [-0.3, -0.25) is 0 Å².